The number of morpholine rings is 1. The Labute approximate surface area is 193 Å². The summed E-state index contributed by atoms with van der Waals surface area (Å²) in [6.07, 6.45) is 2.83. The zero-order valence-corrected chi connectivity index (χ0v) is 19.1. The van der Waals surface area contributed by atoms with Gasteiger partial charge in [0.15, 0.2) is 0 Å². The Balaban J connectivity index is 1.46. The predicted octanol–water partition coefficient (Wildman–Crippen LogP) is 2.44. The van der Waals surface area contributed by atoms with Gasteiger partial charge in [-0.05, 0) is 31.2 Å². The fourth-order valence-electron chi connectivity index (χ4n) is 3.96. The van der Waals surface area contributed by atoms with Gasteiger partial charge in [0.05, 0.1) is 18.9 Å². The fraction of sp³-hybridized carbons (Fsp3) is 0.417. The first-order valence-electron chi connectivity index (χ1n) is 11.4. The lowest BCUT2D eigenvalue weighted by atomic mass is 10.1. The number of fused-ring (bicyclic) bond motifs is 1. The molecule has 2 amide bonds. The van der Waals surface area contributed by atoms with Crippen molar-refractivity contribution in [2.75, 3.05) is 44.7 Å². The first-order valence-corrected chi connectivity index (χ1v) is 11.4. The van der Waals surface area contributed by atoms with Crippen molar-refractivity contribution < 1.29 is 14.3 Å². The van der Waals surface area contributed by atoms with Gasteiger partial charge in [-0.3, -0.25) is 14.5 Å². The van der Waals surface area contributed by atoms with E-state index in [1.54, 1.807) is 4.57 Å². The van der Waals surface area contributed by atoms with E-state index in [0.717, 1.165) is 61.6 Å². The summed E-state index contributed by atoms with van der Waals surface area (Å²) >= 11 is 0. The van der Waals surface area contributed by atoms with Crippen molar-refractivity contribution in [3.8, 4) is 11.3 Å². The molecule has 2 N–H and O–H groups in total. The highest BCUT2D eigenvalue weighted by Crippen LogP contribution is 2.28. The van der Waals surface area contributed by atoms with E-state index in [-0.39, 0.29) is 11.8 Å². The van der Waals surface area contributed by atoms with Crippen molar-refractivity contribution >= 4 is 28.5 Å². The minimum Gasteiger partial charge on any atom is -0.379 e. The number of benzene rings is 1. The normalized spacial score (nSPS) is 14.4. The molecular formula is C24H30N6O3. The van der Waals surface area contributed by atoms with E-state index < -0.39 is 0 Å². The van der Waals surface area contributed by atoms with Crippen LogP contribution in [0.3, 0.4) is 0 Å². The average molecular weight is 451 g/mol. The van der Waals surface area contributed by atoms with Crippen LogP contribution in [0.5, 0.6) is 0 Å². The van der Waals surface area contributed by atoms with Crippen LogP contribution in [0.1, 0.15) is 30.3 Å². The third-order valence-electron chi connectivity index (χ3n) is 5.86. The Morgan fingerprint density at radius 1 is 1.12 bits per heavy atom. The minimum absolute atomic E-state index is 0.0316. The van der Waals surface area contributed by atoms with Gasteiger partial charge in [-0.25, -0.2) is 9.97 Å². The molecular weight excluding hydrogens is 420 g/mol. The summed E-state index contributed by atoms with van der Waals surface area (Å²) in [6, 6.07) is 9.36. The molecule has 0 radical (unpaired) electrons. The number of anilines is 1. The Morgan fingerprint density at radius 2 is 1.88 bits per heavy atom. The van der Waals surface area contributed by atoms with Crippen LogP contribution in [-0.4, -0.2) is 70.6 Å². The highest BCUT2D eigenvalue weighted by Gasteiger charge is 2.18. The molecule has 9 nitrogen and oxygen atoms in total. The van der Waals surface area contributed by atoms with Crippen molar-refractivity contribution in [1.29, 1.82) is 0 Å². The van der Waals surface area contributed by atoms with Crippen molar-refractivity contribution in [2.45, 2.75) is 19.8 Å². The molecule has 3 aromatic rings. The maximum atomic E-state index is 12.9. The molecule has 1 saturated heterocycles. The standard InChI is InChI=1S/C24H30N6O3/c1-3-21(31)28-18-7-5-17(6-8-18)22-19-15-20(29(2)23(19)27-16-26-22)24(32)25-9-4-10-30-11-13-33-14-12-30/h5-8,15-16H,3-4,9-14H2,1-2H3,(H,25,32)(H,28,31). The number of ether oxygens (including phenoxy) is 1. The van der Waals surface area contributed by atoms with Gasteiger partial charge in [-0.15, -0.1) is 0 Å². The van der Waals surface area contributed by atoms with Gasteiger partial charge in [0, 0.05) is 49.7 Å². The van der Waals surface area contributed by atoms with Gasteiger partial charge in [-0.2, -0.15) is 0 Å². The second-order valence-electron chi connectivity index (χ2n) is 8.09. The Hall–Kier alpha value is -3.30. The molecule has 0 spiro atoms. The van der Waals surface area contributed by atoms with Gasteiger partial charge in [0.2, 0.25) is 5.91 Å². The largest absolute Gasteiger partial charge is 0.379 e. The summed E-state index contributed by atoms with van der Waals surface area (Å²) in [6.45, 7) is 6.83. The predicted molar refractivity (Wildman–Crippen MR) is 127 cm³/mol. The second kappa shape index (κ2) is 10.5. The molecule has 9 heteroatoms. The summed E-state index contributed by atoms with van der Waals surface area (Å²) in [4.78, 5) is 35.7. The molecule has 0 bridgehead atoms. The van der Waals surface area contributed by atoms with E-state index >= 15 is 0 Å². The van der Waals surface area contributed by atoms with Crippen molar-refractivity contribution in [2.24, 2.45) is 7.05 Å². The van der Waals surface area contributed by atoms with Crippen molar-refractivity contribution in [3.05, 3.63) is 42.4 Å². The topological polar surface area (TPSA) is 101 Å². The highest BCUT2D eigenvalue weighted by molar-refractivity contribution is 6.01. The Bertz CT molecular complexity index is 1120. The highest BCUT2D eigenvalue weighted by atomic mass is 16.5. The lowest BCUT2D eigenvalue weighted by Crippen LogP contribution is -2.38. The van der Waals surface area contributed by atoms with E-state index in [4.69, 9.17) is 4.74 Å². The van der Waals surface area contributed by atoms with Gasteiger partial charge in [0.1, 0.15) is 17.7 Å². The van der Waals surface area contributed by atoms with E-state index in [2.05, 4.69) is 25.5 Å². The molecule has 0 aliphatic carbocycles. The number of hydrogen-bond acceptors (Lipinski definition) is 6. The summed E-state index contributed by atoms with van der Waals surface area (Å²) in [5, 5.41) is 6.68. The zero-order chi connectivity index (χ0) is 23.2. The molecule has 1 aliphatic heterocycles. The van der Waals surface area contributed by atoms with Crippen LogP contribution >= 0.6 is 0 Å². The Kier molecular flexibility index (Phi) is 7.31. The number of nitrogens with one attached hydrogen (secondary N) is 2. The number of rotatable bonds is 8. The maximum absolute atomic E-state index is 12.9. The molecule has 33 heavy (non-hydrogen) atoms. The molecule has 0 saturated carbocycles. The first-order chi connectivity index (χ1) is 16.1. The van der Waals surface area contributed by atoms with Crippen molar-refractivity contribution in [3.63, 3.8) is 0 Å². The van der Waals surface area contributed by atoms with E-state index in [9.17, 15) is 9.59 Å². The smallest absolute Gasteiger partial charge is 0.267 e. The molecule has 0 atom stereocenters. The summed E-state index contributed by atoms with van der Waals surface area (Å²) in [7, 11) is 1.84. The van der Waals surface area contributed by atoms with Crippen LogP contribution < -0.4 is 10.6 Å². The third kappa shape index (κ3) is 5.37. The van der Waals surface area contributed by atoms with Crippen LogP contribution in [-0.2, 0) is 16.6 Å². The van der Waals surface area contributed by atoms with Gasteiger partial charge >= 0.3 is 0 Å². The SMILES string of the molecule is CCC(=O)Nc1ccc(-c2ncnc3c2cc(C(=O)NCCCN2CCOCC2)n3C)cc1. The maximum Gasteiger partial charge on any atom is 0.267 e. The monoisotopic (exact) mass is 450 g/mol. The van der Waals surface area contributed by atoms with Crippen LogP contribution in [0.2, 0.25) is 0 Å². The molecule has 2 aromatic heterocycles. The first kappa shape index (κ1) is 22.9. The molecule has 1 aliphatic rings. The number of aryl methyl sites for hydroxylation is 1. The van der Waals surface area contributed by atoms with E-state index in [1.165, 1.54) is 6.33 Å². The third-order valence-corrected chi connectivity index (χ3v) is 5.86. The van der Waals surface area contributed by atoms with E-state index in [1.807, 2.05) is 44.3 Å². The zero-order valence-electron chi connectivity index (χ0n) is 19.1. The quantitative estimate of drug-likeness (QED) is 0.511. The Morgan fingerprint density at radius 3 is 2.61 bits per heavy atom. The fourth-order valence-corrected chi connectivity index (χ4v) is 3.96. The number of hydrogen-bond donors (Lipinski definition) is 2. The number of carbonyl (C=O) groups excluding carboxylic acids is 2. The van der Waals surface area contributed by atoms with Crippen molar-refractivity contribution in [1.82, 2.24) is 24.8 Å². The van der Waals surface area contributed by atoms with E-state index in [0.29, 0.717) is 24.3 Å². The molecule has 1 fully saturated rings. The summed E-state index contributed by atoms with van der Waals surface area (Å²) in [5.41, 5.74) is 3.61. The number of amides is 2. The summed E-state index contributed by atoms with van der Waals surface area (Å²) in [5.74, 6) is -0.156. The average Bonchev–Trinajstić information content (AvgIpc) is 3.19. The molecule has 3 heterocycles. The second-order valence-corrected chi connectivity index (χ2v) is 8.09. The lowest BCUT2D eigenvalue weighted by Gasteiger charge is -2.26. The minimum atomic E-state index is -0.124. The summed E-state index contributed by atoms with van der Waals surface area (Å²) < 4.78 is 7.17. The van der Waals surface area contributed by atoms with Crippen LogP contribution in [0.25, 0.3) is 22.3 Å². The van der Waals surface area contributed by atoms with Crippen LogP contribution in [0.15, 0.2) is 36.7 Å². The number of carbonyl (C=O) groups is 2. The van der Waals surface area contributed by atoms with Crippen LogP contribution in [0, 0.1) is 0 Å². The molecule has 174 valence electrons. The number of aromatic nitrogens is 3. The van der Waals surface area contributed by atoms with Gasteiger partial charge < -0.3 is 19.9 Å². The van der Waals surface area contributed by atoms with Crippen LogP contribution in [0.4, 0.5) is 5.69 Å². The molecule has 4 rings (SSSR count). The molecule has 0 unspecified atom stereocenters. The lowest BCUT2D eigenvalue weighted by molar-refractivity contribution is -0.115. The van der Waals surface area contributed by atoms with Gasteiger partial charge in [0.25, 0.3) is 5.91 Å². The molecule has 1 aromatic carbocycles. The van der Waals surface area contributed by atoms with Gasteiger partial charge in [-0.1, -0.05) is 19.1 Å². The number of nitrogens with zero attached hydrogens (tertiary/aromatic N) is 4.